The van der Waals surface area contributed by atoms with Crippen LogP contribution in [-0.2, 0) is 4.79 Å². The van der Waals surface area contributed by atoms with Crippen molar-refractivity contribution in [2.75, 3.05) is 5.84 Å². The normalized spacial score (nSPS) is 16.6. The van der Waals surface area contributed by atoms with Gasteiger partial charge in [0.15, 0.2) is 5.82 Å². The molecule has 1 saturated carbocycles. The van der Waals surface area contributed by atoms with Crippen molar-refractivity contribution in [1.29, 1.82) is 0 Å². The number of nitrogen functional groups attached to an aromatic ring is 1. The number of rotatable bonds is 5. The fourth-order valence-electron chi connectivity index (χ4n) is 3.03. The first-order valence-corrected chi connectivity index (χ1v) is 9.67. The third kappa shape index (κ3) is 4.34. The molecule has 6 nitrogen and oxygen atoms in total. The SMILES string of the molecule is Cc1ccc(-c2nnc(SC(C)C(=O)NC3CCCCC3)n2N)cc1. The third-order valence-electron chi connectivity index (χ3n) is 4.58. The summed E-state index contributed by atoms with van der Waals surface area (Å²) in [5.74, 6) is 6.78. The Kier molecular flexibility index (Phi) is 5.63. The van der Waals surface area contributed by atoms with Crippen LogP contribution in [0.5, 0.6) is 0 Å². The van der Waals surface area contributed by atoms with Crippen molar-refractivity contribution < 1.29 is 4.79 Å². The summed E-state index contributed by atoms with van der Waals surface area (Å²) in [4.78, 5) is 12.4. The second-order valence-electron chi connectivity index (χ2n) is 6.65. The Labute approximate surface area is 152 Å². The molecule has 0 bridgehead atoms. The number of thioether (sulfide) groups is 1. The second kappa shape index (κ2) is 7.91. The number of hydrogen-bond donors (Lipinski definition) is 2. The number of nitrogens with two attached hydrogens (primary N) is 1. The van der Waals surface area contributed by atoms with E-state index in [1.54, 1.807) is 0 Å². The first-order chi connectivity index (χ1) is 12.0. The minimum absolute atomic E-state index is 0.0387. The van der Waals surface area contributed by atoms with Crippen LogP contribution in [0.15, 0.2) is 29.4 Å². The van der Waals surface area contributed by atoms with Crippen LogP contribution in [0.3, 0.4) is 0 Å². The maximum absolute atomic E-state index is 12.4. The molecule has 0 aliphatic heterocycles. The number of aromatic nitrogens is 3. The topological polar surface area (TPSA) is 85.8 Å². The fourth-order valence-corrected chi connectivity index (χ4v) is 3.81. The molecule has 1 aliphatic rings. The average Bonchev–Trinajstić information content (AvgIpc) is 2.97. The Balaban J connectivity index is 1.64. The quantitative estimate of drug-likeness (QED) is 0.633. The van der Waals surface area contributed by atoms with Gasteiger partial charge in [-0.15, -0.1) is 10.2 Å². The summed E-state index contributed by atoms with van der Waals surface area (Å²) in [5.41, 5.74) is 2.08. The van der Waals surface area contributed by atoms with Gasteiger partial charge in [0, 0.05) is 11.6 Å². The van der Waals surface area contributed by atoms with Crippen molar-refractivity contribution in [3.05, 3.63) is 29.8 Å². The number of hydrogen-bond acceptors (Lipinski definition) is 5. The Hall–Kier alpha value is -2.02. The van der Waals surface area contributed by atoms with Gasteiger partial charge in [-0.25, -0.2) is 4.68 Å². The van der Waals surface area contributed by atoms with E-state index >= 15 is 0 Å². The highest BCUT2D eigenvalue weighted by molar-refractivity contribution is 8.00. The largest absolute Gasteiger partial charge is 0.352 e. The summed E-state index contributed by atoms with van der Waals surface area (Å²) in [7, 11) is 0. The zero-order chi connectivity index (χ0) is 17.8. The van der Waals surface area contributed by atoms with E-state index in [1.807, 2.05) is 38.1 Å². The highest BCUT2D eigenvalue weighted by atomic mass is 32.2. The van der Waals surface area contributed by atoms with E-state index in [0.29, 0.717) is 17.0 Å². The van der Waals surface area contributed by atoms with Gasteiger partial charge in [0.2, 0.25) is 11.1 Å². The Morgan fingerprint density at radius 2 is 1.92 bits per heavy atom. The van der Waals surface area contributed by atoms with Gasteiger partial charge in [0.25, 0.3) is 0 Å². The van der Waals surface area contributed by atoms with Crippen LogP contribution in [0, 0.1) is 6.92 Å². The minimum atomic E-state index is -0.265. The molecule has 134 valence electrons. The number of benzene rings is 1. The van der Waals surface area contributed by atoms with E-state index in [2.05, 4.69) is 15.5 Å². The molecule has 1 aromatic carbocycles. The van der Waals surface area contributed by atoms with Crippen LogP contribution in [-0.4, -0.2) is 32.1 Å². The molecule has 1 fully saturated rings. The molecule has 0 saturated heterocycles. The van der Waals surface area contributed by atoms with Crippen LogP contribution < -0.4 is 11.2 Å². The smallest absolute Gasteiger partial charge is 0.233 e. The predicted molar refractivity (Wildman–Crippen MR) is 101 cm³/mol. The van der Waals surface area contributed by atoms with Crippen LogP contribution >= 0.6 is 11.8 Å². The highest BCUT2D eigenvalue weighted by Gasteiger charge is 2.23. The molecular weight excluding hydrogens is 334 g/mol. The lowest BCUT2D eigenvalue weighted by Gasteiger charge is -2.24. The maximum atomic E-state index is 12.4. The lowest BCUT2D eigenvalue weighted by atomic mass is 9.95. The molecule has 1 unspecified atom stereocenters. The molecule has 25 heavy (non-hydrogen) atoms. The van der Waals surface area contributed by atoms with Crippen LogP contribution in [0.2, 0.25) is 0 Å². The van der Waals surface area contributed by atoms with Crippen LogP contribution in [0.25, 0.3) is 11.4 Å². The Morgan fingerprint density at radius 3 is 2.60 bits per heavy atom. The summed E-state index contributed by atoms with van der Waals surface area (Å²) in [5, 5.41) is 11.8. The van der Waals surface area contributed by atoms with Gasteiger partial charge < -0.3 is 11.2 Å². The second-order valence-corrected chi connectivity index (χ2v) is 7.95. The van der Waals surface area contributed by atoms with E-state index in [4.69, 9.17) is 5.84 Å². The molecule has 1 aromatic heterocycles. The van der Waals surface area contributed by atoms with Gasteiger partial charge >= 0.3 is 0 Å². The molecule has 0 spiro atoms. The summed E-state index contributed by atoms with van der Waals surface area (Å²) in [6, 6.07) is 8.27. The van der Waals surface area contributed by atoms with E-state index < -0.39 is 0 Å². The number of amides is 1. The van der Waals surface area contributed by atoms with Crippen molar-refractivity contribution in [1.82, 2.24) is 20.2 Å². The summed E-state index contributed by atoms with van der Waals surface area (Å²) in [6.45, 7) is 3.91. The van der Waals surface area contributed by atoms with Crippen molar-refractivity contribution in [3.63, 3.8) is 0 Å². The molecule has 2 aromatic rings. The van der Waals surface area contributed by atoms with E-state index in [0.717, 1.165) is 18.4 Å². The molecule has 1 aliphatic carbocycles. The van der Waals surface area contributed by atoms with Crippen molar-refractivity contribution in [2.24, 2.45) is 0 Å². The molecule has 7 heteroatoms. The zero-order valence-corrected chi connectivity index (χ0v) is 15.6. The average molecular weight is 359 g/mol. The first-order valence-electron chi connectivity index (χ1n) is 8.79. The van der Waals surface area contributed by atoms with Gasteiger partial charge in [-0.1, -0.05) is 60.9 Å². The maximum Gasteiger partial charge on any atom is 0.233 e. The summed E-state index contributed by atoms with van der Waals surface area (Å²) < 4.78 is 1.46. The zero-order valence-electron chi connectivity index (χ0n) is 14.7. The monoisotopic (exact) mass is 359 g/mol. The molecule has 3 N–H and O–H groups in total. The third-order valence-corrected chi connectivity index (χ3v) is 5.63. The standard InChI is InChI=1S/C18H25N5OS/c1-12-8-10-14(11-9-12)16-21-22-18(23(16)19)25-13(2)17(24)20-15-6-4-3-5-7-15/h8-11,13,15H,3-7,19H2,1-2H3,(H,20,24). The number of nitrogens with one attached hydrogen (secondary N) is 1. The van der Waals surface area contributed by atoms with Crippen molar-refractivity contribution in [3.8, 4) is 11.4 Å². The number of aryl methyl sites for hydroxylation is 1. The number of carbonyl (C=O) groups is 1. The molecule has 1 amide bonds. The molecule has 1 atom stereocenters. The van der Waals surface area contributed by atoms with Crippen LogP contribution in [0.4, 0.5) is 0 Å². The van der Waals surface area contributed by atoms with Gasteiger partial charge in [-0.2, -0.15) is 0 Å². The molecule has 3 rings (SSSR count). The van der Waals surface area contributed by atoms with E-state index in [9.17, 15) is 4.79 Å². The summed E-state index contributed by atoms with van der Waals surface area (Å²) in [6.07, 6.45) is 5.82. The van der Waals surface area contributed by atoms with Gasteiger partial charge in [0.05, 0.1) is 5.25 Å². The minimum Gasteiger partial charge on any atom is -0.352 e. The van der Waals surface area contributed by atoms with Crippen molar-refractivity contribution in [2.45, 2.75) is 62.4 Å². The Bertz CT molecular complexity index is 722. The Morgan fingerprint density at radius 1 is 1.24 bits per heavy atom. The van der Waals surface area contributed by atoms with Gasteiger partial charge in [0.1, 0.15) is 0 Å². The predicted octanol–water partition coefficient (Wildman–Crippen LogP) is 2.90. The van der Waals surface area contributed by atoms with E-state index in [1.165, 1.54) is 41.3 Å². The highest BCUT2D eigenvalue weighted by Crippen LogP contribution is 2.25. The lowest BCUT2D eigenvalue weighted by Crippen LogP contribution is -2.40. The van der Waals surface area contributed by atoms with Gasteiger partial charge in [-0.05, 0) is 26.7 Å². The van der Waals surface area contributed by atoms with E-state index in [-0.39, 0.29) is 11.2 Å². The fraction of sp³-hybridized carbons (Fsp3) is 0.500. The molecular formula is C18H25N5OS. The number of carbonyl (C=O) groups excluding carboxylic acids is 1. The van der Waals surface area contributed by atoms with Crippen molar-refractivity contribution >= 4 is 17.7 Å². The molecule has 1 heterocycles. The number of nitrogens with zero attached hydrogens (tertiary/aromatic N) is 3. The van der Waals surface area contributed by atoms with Crippen LogP contribution in [0.1, 0.15) is 44.6 Å². The molecule has 0 radical (unpaired) electrons. The first kappa shape index (κ1) is 17.8. The summed E-state index contributed by atoms with van der Waals surface area (Å²) >= 11 is 1.34. The lowest BCUT2D eigenvalue weighted by molar-refractivity contribution is -0.121. The van der Waals surface area contributed by atoms with Gasteiger partial charge in [-0.3, -0.25) is 4.79 Å².